The number of cyclic esters (lactones) is 1. The molecule has 5 nitrogen and oxygen atoms in total. The maximum absolute atomic E-state index is 13.3. The Kier molecular flexibility index (Phi) is 9.30. The first-order chi connectivity index (χ1) is 18.7. The number of imide groups is 1. The van der Waals surface area contributed by atoms with Crippen molar-refractivity contribution in [2.45, 2.75) is 39.3 Å². The van der Waals surface area contributed by atoms with Crippen LogP contribution < -0.4 is 4.74 Å². The molecule has 0 unspecified atom stereocenters. The van der Waals surface area contributed by atoms with Crippen molar-refractivity contribution in [3.63, 3.8) is 0 Å². The number of carbonyl (C=O) groups is 2. The highest BCUT2D eigenvalue weighted by molar-refractivity contribution is 5.94. The topological polar surface area (TPSA) is 55.8 Å². The van der Waals surface area contributed by atoms with Gasteiger partial charge in [-0.05, 0) is 46.4 Å². The van der Waals surface area contributed by atoms with E-state index in [0.29, 0.717) is 18.8 Å². The Hall–Kier alpha value is -4.38. The van der Waals surface area contributed by atoms with Gasteiger partial charge < -0.3 is 9.47 Å². The Morgan fingerprint density at radius 2 is 1.39 bits per heavy atom. The predicted molar refractivity (Wildman–Crippen MR) is 150 cm³/mol. The fraction of sp³-hybridized carbons (Fsp3) is 0.212. The van der Waals surface area contributed by atoms with Gasteiger partial charge in [0.05, 0.1) is 12.5 Å². The summed E-state index contributed by atoms with van der Waals surface area (Å²) in [5, 5.41) is 0. The normalized spacial score (nSPS) is 14.3. The number of ether oxygens (including phenoxy) is 2. The van der Waals surface area contributed by atoms with Crippen LogP contribution in [0.5, 0.6) is 5.75 Å². The number of rotatable bonds is 8. The van der Waals surface area contributed by atoms with Gasteiger partial charge in [-0.15, -0.1) is 0 Å². The van der Waals surface area contributed by atoms with Crippen LogP contribution in [0.4, 0.5) is 4.79 Å². The number of nitrogens with zero attached hydrogens (tertiary/aromatic N) is 1. The quantitative estimate of drug-likeness (QED) is 0.255. The molecule has 0 N–H and O–H groups in total. The molecule has 0 aliphatic carbocycles. The molecular weight excluding hydrogens is 474 g/mol. The molecule has 0 radical (unpaired) electrons. The van der Waals surface area contributed by atoms with Crippen LogP contribution in [0.3, 0.4) is 0 Å². The summed E-state index contributed by atoms with van der Waals surface area (Å²) >= 11 is 0. The fourth-order valence-electron chi connectivity index (χ4n) is 4.45. The van der Waals surface area contributed by atoms with Crippen LogP contribution in [-0.4, -0.2) is 29.5 Å². The third kappa shape index (κ3) is 6.88. The predicted octanol–water partition coefficient (Wildman–Crippen LogP) is 7.09. The van der Waals surface area contributed by atoms with E-state index in [1.165, 1.54) is 4.90 Å². The first kappa shape index (κ1) is 26.7. The Labute approximate surface area is 224 Å². The summed E-state index contributed by atoms with van der Waals surface area (Å²) in [5.74, 6) is 0.394. The van der Waals surface area contributed by atoms with Gasteiger partial charge in [0.25, 0.3) is 0 Å². The van der Waals surface area contributed by atoms with Crippen molar-refractivity contribution in [2.24, 2.45) is 0 Å². The van der Waals surface area contributed by atoms with Gasteiger partial charge in [-0.25, -0.2) is 9.69 Å². The number of hydrogen-bond donors (Lipinski definition) is 0. The summed E-state index contributed by atoms with van der Waals surface area (Å²) in [4.78, 5) is 27.1. The standard InChI is InChI=1S/C31H27NO4.C2H6/c33-30(32-28(22-36-31(32)34)17-23-10-4-1-5-11-23)19-25-16-27(26-14-8-3-9-15-26)20-29(18-25)35-21-24-12-6-2-7-13-24;1-2/h1-16,18,20,28H,17,19,21-22H2;1-2H3/t28-;/m0./s1. The zero-order valence-electron chi connectivity index (χ0n) is 21.9. The number of benzene rings is 4. The molecule has 1 aliphatic heterocycles. The van der Waals surface area contributed by atoms with E-state index < -0.39 is 6.09 Å². The third-order valence-corrected chi connectivity index (χ3v) is 6.22. The summed E-state index contributed by atoms with van der Waals surface area (Å²) < 4.78 is 11.4. The lowest BCUT2D eigenvalue weighted by atomic mass is 10.00. The molecule has 0 spiro atoms. The monoisotopic (exact) mass is 507 g/mol. The molecule has 1 aliphatic rings. The lowest BCUT2D eigenvalue weighted by Gasteiger charge is -2.20. The minimum absolute atomic E-state index is 0.0722. The summed E-state index contributed by atoms with van der Waals surface area (Å²) in [6.45, 7) is 4.62. The Bertz CT molecular complexity index is 1320. The van der Waals surface area contributed by atoms with E-state index in [0.717, 1.165) is 27.8 Å². The average Bonchev–Trinajstić information content (AvgIpc) is 3.34. The largest absolute Gasteiger partial charge is 0.489 e. The minimum Gasteiger partial charge on any atom is -0.489 e. The van der Waals surface area contributed by atoms with Crippen molar-refractivity contribution in [1.29, 1.82) is 0 Å². The van der Waals surface area contributed by atoms with E-state index in [1.54, 1.807) is 0 Å². The molecule has 1 atom stereocenters. The van der Waals surface area contributed by atoms with E-state index in [9.17, 15) is 9.59 Å². The molecule has 0 bridgehead atoms. The van der Waals surface area contributed by atoms with Gasteiger partial charge in [0, 0.05) is 0 Å². The molecule has 4 aromatic rings. The molecule has 38 heavy (non-hydrogen) atoms. The van der Waals surface area contributed by atoms with Gasteiger partial charge in [0.2, 0.25) is 5.91 Å². The molecular formula is C33H33NO4. The van der Waals surface area contributed by atoms with Crippen LogP contribution in [0.25, 0.3) is 11.1 Å². The molecule has 1 fully saturated rings. The van der Waals surface area contributed by atoms with Crippen LogP contribution in [0, 0.1) is 0 Å². The molecule has 0 aromatic heterocycles. The van der Waals surface area contributed by atoms with Crippen molar-refractivity contribution < 1.29 is 19.1 Å². The van der Waals surface area contributed by atoms with Gasteiger partial charge in [-0.2, -0.15) is 0 Å². The highest BCUT2D eigenvalue weighted by Crippen LogP contribution is 2.28. The van der Waals surface area contributed by atoms with E-state index in [2.05, 4.69) is 0 Å². The summed E-state index contributed by atoms with van der Waals surface area (Å²) in [7, 11) is 0. The zero-order valence-corrected chi connectivity index (χ0v) is 21.9. The van der Waals surface area contributed by atoms with Crippen LogP contribution in [0.1, 0.15) is 30.5 Å². The molecule has 5 rings (SSSR count). The number of amides is 2. The second-order valence-corrected chi connectivity index (χ2v) is 8.87. The van der Waals surface area contributed by atoms with Crippen molar-refractivity contribution >= 4 is 12.0 Å². The fourth-order valence-corrected chi connectivity index (χ4v) is 4.45. The SMILES string of the molecule is CC.O=C(Cc1cc(OCc2ccccc2)cc(-c2ccccc2)c1)N1C(=O)OC[C@@H]1Cc1ccccc1. The lowest BCUT2D eigenvalue weighted by molar-refractivity contribution is -0.128. The molecule has 1 saturated heterocycles. The first-order valence-electron chi connectivity index (χ1n) is 13.0. The second-order valence-electron chi connectivity index (χ2n) is 8.87. The highest BCUT2D eigenvalue weighted by Gasteiger charge is 2.37. The molecule has 0 saturated carbocycles. The molecule has 4 aromatic carbocycles. The van der Waals surface area contributed by atoms with E-state index in [-0.39, 0.29) is 25.0 Å². The Morgan fingerprint density at radius 3 is 2.05 bits per heavy atom. The van der Waals surface area contributed by atoms with Gasteiger partial charge in [-0.1, -0.05) is 111 Å². The van der Waals surface area contributed by atoms with Gasteiger partial charge >= 0.3 is 6.09 Å². The number of carbonyl (C=O) groups excluding carboxylic acids is 2. The summed E-state index contributed by atoms with van der Waals surface area (Å²) in [5.41, 5.74) is 4.88. The Morgan fingerprint density at radius 1 is 0.789 bits per heavy atom. The van der Waals surface area contributed by atoms with Gasteiger partial charge in [0.15, 0.2) is 0 Å². The lowest BCUT2D eigenvalue weighted by Crippen LogP contribution is -2.41. The van der Waals surface area contributed by atoms with E-state index >= 15 is 0 Å². The molecule has 1 heterocycles. The van der Waals surface area contributed by atoms with Crippen LogP contribution >= 0.6 is 0 Å². The smallest absolute Gasteiger partial charge is 0.416 e. The van der Waals surface area contributed by atoms with Crippen molar-refractivity contribution in [2.75, 3.05) is 6.61 Å². The summed E-state index contributed by atoms with van der Waals surface area (Å²) in [6.07, 6.45) is 0.0528. The van der Waals surface area contributed by atoms with Crippen LogP contribution in [0.2, 0.25) is 0 Å². The zero-order chi connectivity index (χ0) is 26.7. The number of hydrogen-bond acceptors (Lipinski definition) is 4. The van der Waals surface area contributed by atoms with Gasteiger partial charge in [-0.3, -0.25) is 4.79 Å². The summed E-state index contributed by atoms with van der Waals surface area (Å²) in [6, 6.07) is 35.3. The van der Waals surface area contributed by atoms with Crippen molar-refractivity contribution in [1.82, 2.24) is 4.90 Å². The first-order valence-corrected chi connectivity index (χ1v) is 13.0. The van der Waals surface area contributed by atoms with Crippen molar-refractivity contribution in [3.8, 4) is 16.9 Å². The minimum atomic E-state index is -0.583. The molecule has 2 amide bonds. The maximum atomic E-state index is 13.3. The maximum Gasteiger partial charge on any atom is 0.416 e. The molecule has 194 valence electrons. The van der Waals surface area contributed by atoms with Crippen LogP contribution in [-0.2, 0) is 29.0 Å². The highest BCUT2D eigenvalue weighted by atomic mass is 16.6. The van der Waals surface area contributed by atoms with Crippen molar-refractivity contribution in [3.05, 3.63) is 126 Å². The Balaban J connectivity index is 0.00000164. The molecule has 5 heteroatoms. The van der Waals surface area contributed by atoms with E-state index in [4.69, 9.17) is 9.47 Å². The van der Waals surface area contributed by atoms with Gasteiger partial charge in [0.1, 0.15) is 19.0 Å². The van der Waals surface area contributed by atoms with E-state index in [1.807, 2.05) is 123 Å². The average molecular weight is 508 g/mol. The van der Waals surface area contributed by atoms with Crippen LogP contribution in [0.15, 0.2) is 109 Å². The third-order valence-electron chi connectivity index (χ3n) is 6.22. The second kappa shape index (κ2) is 13.2.